The average Bonchev–Trinajstić information content (AvgIpc) is 4.20. The van der Waals surface area contributed by atoms with Crippen LogP contribution >= 0.6 is 0 Å². The molecular formula is C48H42N16O4. The quantitative estimate of drug-likeness (QED) is 0.224. The minimum absolute atomic E-state index is 0.150. The Hall–Kier alpha value is -8.68. The third-order valence-corrected chi connectivity index (χ3v) is 14.2. The number of aryl methyl sites for hydroxylation is 8. The van der Waals surface area contributed by atoms with Crippen molar-refractivity contribution in [2.75, 3.05) is 0 Å². The fraction of sp³-hybridized carbons (Fsp3) is 0.250. The first kappa shape index (κ1) is 39.7. The zero-order valence-corrected chi connectivity index (χ0v) is 38.3. The predicted octanol–water partition coefficient (Wildman–Crippen LogP) is 5.56. The first-order chi connectivity index (χ1) is 32.8. The van der Waals surface area contributed by atoms with E-state index >= 15 is 0 Å². The molecule has 0 saturated carbocycles. The molecule has 4 aromatic carbocycles. The van der Waals surface area contributed by atoms with Crippen LogP contribution in [0.3, 0.4) is 0 Å². The lowest BCUT2D eigenvalue weighted by Gasteiger charge is -2.03. The van der Waals surface area contributed by atoms with Gasteiger partial charge in [-0.25, -0.2) is 49.1 Å². The molecule has 0 radical (unpaired) electrons. The van der Waals surface area contributed by atoms with Gasteiger partial charge in [0.2, 0.25) is 0 Å². The van der Waals surface area contributed by atoms with Crippen LogP contribution in [0.5, 0.6) is 0 Å². The summed E-state index contributed by atoms with van der Waals surface area (Å²) in [5.41, 5.74) is 9.48. The lowest BCUT2D eigenvalue weighted by atomic mass is 10.1. The summed E-state index contributed by atoms with van der Waals surface area (Å²) >= 11 is 0. The topological polar surface area (TPSA) is 217 Å². The van der Waals surface area contributed by atoms with Gasteiger partial charge in [-0.05, 0) is 76.2 Å². The van der Waals surface area contributed by atoms with Crippen molar-refractivity contribution in [1.82, 2.24) is 76.4 Å². The summed E-state index contributed by atoms with van der Waals surface area (Å²) in [6.07, 6.45) is 0. The third-order valence-electron chi connectivity index (χ3n) is 14.2. The van der Waals surface area contributed by atoms with E-state index in [-0.39, 0.29) is 22.8 Å². The van der Waals surface area contributed by atoms with Gasteiger partial charge in [-0.2, -0.15) is 0 Å². The smallest absolute Gasteiger partial charge is 0.324 e. The molecule has 68 heavy (non-hydrogen) atoms. The van der Waals surface area contributed by atoms with E-state index in [9.17, 15) is 19.2 Å². The lowest BCUT2D eigenvalue weighted by Crippen LogP contribution is -2.21. The number of imidazole rings is 4. The first-order valence-corrected chi connectivity index (χ1v) is 22.6. The molecule has 2 N–H and O–H groups in total. The van der Waals surface area contributed by atoms with Crippen molar-refractivity contribution in [1.29, 1.82) is 0 Å². The molecule has 13 rings (SSSR count). The number of nitrogens with zero attached hydrogens (tertiary/aromatic N) is 14. The SMILES string of the molecule is CCn1c(=O)n(C)c2cc3c(cc21)-c1nc-3nc2[nH]c(nc3nc(nc4[nH]c(n1)c1cc5c(cc41)n(CC)c(=O)n5C)-c1cc4c(cc1-3)n(C)c(=O)n4CC)c1cc3c(cc21)n(C)c(=O)n3CC. The van der Waals surface area contributed by atoms with E-state index in [2.05, 4.69) is 9.97 Å². The molecule has 0 saturated heterocycles. The number of nitrogens with one attached hydrogen (secondary N) is 2. The second-order valence-electron chi connectivity index (χ2n) is 17.5. The molecule has 7 aromatic heterocycles. The summed E-state index contributed by atoms with van der Waals surface area (Å²) in [7, 11) is 7.00. The molecule has 0 aliphatic carbocycles. The van der Waals surface area contributed by atoms with Gasteiger partial charge in [0.05, 0.1) is 44.1 Å². The highest BCUT2D eigenvalue weighted by Crippen LogP contribution is 2.41. The lowest BCUT2D eigenvalue weighted by molar-refractivity contribution is 0.712. The molecule has 338 valence electrons. The average molecular weight is 907 g/mol. The van der Waals surface area contributed by atoms with E-state index < -0.39 is 0 Å². The van der Waals surface area contributed by atoms with Crippen molar-refractivity contribution in [3.05, 3.63) is 90.5 Å². The molecule has 0 fully saturated rings. The van der Waals surface area contributed by atoms with Crippen molar-refractivity contribution in [3.8, 4) is 45.6 Å². The Bertz CT molecular complexity index is 4590. The van der Waals surface area contributed by atoms with Gasteiger partial charge in [-0.3, -0.25) is 36.5 Å². The van der Waals surface area contributed by atoms with Gasteiger partial charge in [0.1, 0.15) is 22.6 Å². The molecular weight excluding hydrogens is 865 g/mol. The maximum absolute atomic E-state index is 13.5. The number of fused-ring (bicyclic) bond motifs is 24. The third kappa shape index (κ3) is 4.97. The maximum Gasteiger partial charge on any atom is 0.328 e. The minimum Gasteiger partial charge on any atom is -0.324 e. The molecule has 20 heteroatoms. The van der Waals surface area contributed by atoms with Crippen LogP contribution < -0.4 is 22.8 Å². The summed E-state index contributed by atoms with van der Waals surface area (Å²) in [5.74, 6) is 1.37. The monoisotopic (exact) mass is 906 g/mol. The van der Waals surface area contributed by atoms with Crippen molar-refractivity contribution >= 4 is 88.3 Å². The van der Waals surface area contributed by atoms with Gasteiger partial charge in [0.15, 0.2) is 23.3 Å². The number of H-pyrrole nitrogens is 2. The molecule has 0 spiro atoms. The molecule has 0 amide bonds. The van der Waals surface area contributed by atoms with Crippen LogP contribution in [0.15, 0.2) is 67.7 Å². The van der Waals surface area contributed by atoms with Crippen LogP contribution in [0.4, 0.5) is 0 Å². The van der Waals surface area contributed by atoms with Crippen LogP contribution in [0.25, 0.3) is 134 Å². The van der Waals surface area contributed by atoms with Crippen LogP contribution in [-0.4, -0.2) is 76.4 Å². The van der Waals surface area contributed by atoms with E-state index in [1.807, 2.05) is 76.2 Å². The fourth-order valence-electron chi connectivity index (χ4n) is 10.6. The zero-order chi connectivity index (χ0) is 46.9. The zero-order valence-electron chi connectivity index (χ0n) is 38.3. The summed E-state index contributed by atoms with van der Waals surface area (Å²) in [6, 6.07) is 15.5. The van der Waals surface area contributed by atoms with Crippen molar-refractivity contribution in [3.63, 3.8) is 0 Å². The highest BCUT2D eigenvalue weighted by Gasteiger charge is 2.27. The van der Waals surface area contributed by atoms with Crippen LogP contribution in [0.1, 0.15) is 27.7 Å². The minimum atomic E-state index is -0.151. The van der Waals surface area contributed by atoms with E-state index in [1.54, 1.807) is 64.7 Å². The number of hydrogen-bond acceptors (Lipinski definition) is 10. The Morgan fingerprint density at radius 3 is 0.824 bits per heavy atom. The maximum atomic E-state index is 13.5. The number of rotatable bonds is 4. The predicted molar refractivity (Wildman–Crippen MR) is 262 cm³/mol. The standard InChI is InChI=1S/C48H42N16O4/c1-9-61-33-17-25-21(13-29(33)57(5)45(61)65)37-49-38-22-14-30-34(62(10-2)46(66)58(30)6)18-26(22)42(51-38)53-40-24-16-32-36(64(12-4)48(68)60(32)8)20-28(24)44(55-40)56-43-27-19-35-31(59(7)47(67)63(35)11-3)15-23(27)39(54-43)52-41(25)50-37/h13-20H,9-12H2,1-8H3,(H2,49,50,51,52,53,54,55,56). The Morgan fingerprint density at radius 2 is 0.559 bits per heavy atom. The Morgan fingerprint density at radius 1 is 0.338 bits per heavy atom. The highest BCUT2D eigenvalue weighted by atomic mass is 16.2. The van der Waals surface area contributed by atoms with E-state index in [0.717, 1.165) is 22.1 Å². The fourth-order valence-corrected chi connectivity index (χ4v) is 10.6. The largest absolute Gasteiger partial charge is 0.328 e. The van der Waals surface area contributed by atoms with E-state index in [4.69, 9.17) is 29.9 Å². The van der Waals surface area contributed by atoms with Gasteiger partial charge in [-0.15, -0.1) is 0 Å². The van der Waals surface area contributed by atoms with Gasteiger partial charge >= 0.3 is 22.8 Å². The number of aromatic nitrogens is 16. The summed E-state index contributed by atoms with van der Waals surface area (Å²) in [6.45, 7) is 9.55. The van der Waals surface area contributed by atoms with Crippen molar-refractivity contribution in [2.45, 2.75) is 53.9 Å². The number of benzene rings is 4. The van der Waals surface area contributed by atoms with Crippen LogP contribution in [-0.2, 0) is 54.4 Å². The Labute approximate surface area is 381 Å². The van der Waals surface area contributed by atoms with Crippen molar-refractivity contribution in [2.24, 2.45) is 28.2 Å². The van der Waals surface area contributed by atoms with Gasteiger partial charge in [0, 0.05) is 98.2 Å². The summed E-state index contributed by atoms with van der Waals surface area (Å²) < 4.78 is 13.4. The van der Waals surface area contributed by atoms with Gasteiger partial charge in [0.25, 0.3) is 0 Å². The Kier molecular flexibility index (Phi) is 7.85. The summed E-state index contributed by atoms with van der Waals surface area (Å²) in [5, 5.41) is 2.74. The first-order valence-electron chi connectivity index (χ1n) is 22.6. The second-order valence-corrected chi connectivity index (χ2v) is 17.5. The van der Waals surface area contributed by atoms with E-state index in [1.165, 1.54) is 0 Å². The summed E-state index contributed by atoms with van der Waals surface area (Å²) in [4.78, 5) is 92.6. The van der Waals surface area contributed by atoms with E-state index in [0.29, 0.717) is 138 Å². The van der Waals surface area contributed by atoms with Gasteiger partial charge < -0.3 is 9.97 Å². The molecule has 20 nitrogen and oxygen atoms in total. The van der Waals surface area contributed by atoms with Crippen LogP contribution in [0, 0.1) is 0 Å². The van der Waals surface area contributed by atoms with Gasteiger partial charge in [-0.1, -0.05) is 0 Å². The second kappa shape index (κ2) is 13.5. The molecule has 0 unspecified atom stereocenters. The molecule has 0 atom stereocenters. The highest BCUT2D eigenvalue weighted by molar-refractivity contribution is 6.12. The molecule has 2 aliphatic rings. The molecule has 8 bridgehead atoms. The molecule has 11 aromatic rings. The number of aromatic amines is 2. The molecule has 9 heterocycles. The van der Waals surface area contributed by atoms with Crippen LogP contribution in [0.2, 0.25) is 0 Å². The Balaban J connectivity index is 1.25. The van der Waals surface area contributed by atoms with Crippen molar-refractivity contribution < 1.29 is 0 Å². The molecule has 2 aliphatic heterocycles. The number of hydrogen-bond donors (Lipinski definition) is 2. The normalized spacial score (nSPS) is 12.6.